The molecule has 0 saturated heterocycles. The summed E-state index contributed by atoms with van der Waals surface area (Å²) in [5.41, 5.74) is 5.32. The van der Waals surface area contributed by atoms with Crippen molar-refractivity contribution in [3.63, 3.8) is 0 Å². The highest BCUT2D eigenvalue weighted by Crippen LogP contribution is 2.08. The highest BCUT2D eigenvalue weighted by molar-refractivity contribution is 5.77. The molecule has 1 aromatic rings. The zero-order valence-corrected chi connectivity index (χ0v) is 6.52. The van der Waals surface area contributed by atoms with Crippen LogP contribution in [0.4, 0.5) is 0 Å². The van der Waals surface area contributed by atoms with E-state index in [1.54, 1.807) is 0 Å². The van der Waals surface area contributed by atoms with Crippen LogP contribution < -0.4 is 5.73 Å². The first kappa shape index (κ1) is 8.60. The molecule has 1 unspecified atom stereocenters. The summed E-state index contributed by atoms with van der Waals surface area (Å²) >= 11 is 0. The van der Waals surface area contributed by atoms with Gasteiger partial charge in [-0.2, -0.15) is 5.21 Å². The van der Waals surface area contributed by atoms with Gasteiger partial charge in [0.1, 0.15) is 5.92 Å². The van der Waals surface area contributed by atoms with E-state index in [0.29, 0.717) is 0 Å². The second kappa shape index (κ2) is 3.77. The molecule has 1 atom stereocenters. The number of aromatic amines is 1. The van der Waals surface area contributed by atoms with Gasteiger partial charge in [0.2, 0.25) is 0 Å². The highest BCUT2D eigenvalue weighted by Gasteiger charge is 2.23. The highest BCUT2D eigenvalue weighted by atomic mass is 16.5. The second-order valence-electron chi connectivity index (χ2n) is 2.08. The maximum Gasteiger partial charge on any atom is 0.317 e. The number of ether oxygens (including phenoxy) is 1. The van der Waals surface area contributed by atoms with Gasteiger partial charge in [-0.15, -0.1) is 10.2 Å². The third-order valence-corrected chi connectivity index (χ3v) is 1.39. The molecule has 1 heterocycles. The number of nitrogens with one attached hydrogen (secondary N) is 1. The van der Waals surface area contributed by atoms with Crippen LogP contribution in [0, 0.1) is 0 Å². The number of hydrogen-bond donors (Lipinski definition) is 2. The largest absolute Gasteiger partial charge is 0.468 e. The molecule has 3 N–H and O–H groups in total. The van der Waals surface area contributed by atoms with Gasteiger partial charge in [-0.1, -0.05) is 5.21 Å². The average Bonchev–Trinajstić information content (AvgIpc) is 2.58. The summed E-state index contributed by atoms with van der Waals surface area (Å²) in [6.07, 6.45) is 0. The second-order valence-corrected chi connectivity index (χ2v) is 2.08. The van der Waals surface area contributed by atoms with Crippen molar-refractivity contribution in [2.24, 2.45) is 5.73 Å². The van der Waals surface area contributed by atoms with E-state index in [1.165, 1.54) is 7.11 Å². The van der Waals surface area contributed by atoms with Crippen molar-refractivity contribution in [3.8, 4) is 0 Å². The number of rotatable bonds is 3. The van der Waals surface area contributed by atoms with Crippen LogP contribution in [0.3, 0.4) is 0 Å². The number of hydrogen-bond acceptors (Lipinski definition) is 6. The van der Waals surface area contributed by atoms with Gasteiger partial charge in [-0.05, 0) is 0 Å². The lowest BCUT2D eigenvalue weighted by Gasteiger charge is -2.05. The Morgan fingerprint density at radius 1 is 1.83 bits per heavy atom. The van der Waals surface area contributed by atoms with E-state index in [1.807, 2.05) is 0 Å². The Morgan fingerprint density at radius 2 is 2.58 bits per heavy atom. The maximum atomic E-state index is 11.0. The summed E-state index contributed by atoms with van der Waals surface area (Å²) in [6, 6.07) is 0. The molecule has 0 aromatic carbocycles. The summed E-state index contributed by atoms with van der Waals surface area (Å²) in [5, 5.41) is 12.8. The van der Waals surface area contributed by atoms with E-state index in [9.17, 15) is 4.79 Å². The van der Waals surface area contributed by atoms with Gasteiger partial charge in [0.15, 0.2) is 5.82 Å². The molecule has 0 spiro atoms. The van der Waals surface area contributed by atoms with Gasteiger partial charge >= 0.3 is 5.97 Å². The molecule has 0 saturated carbocycles. The minimum atomic E-state index is -0.631. The van der Waals surface area contributed by atoms with Gasteiger partial charge in [0.05, 0.1) is 7.11 Å². The fraction of sp³-hybridized carbons (Fsp3) is 0.600. The molecular weight excluding hydrogens is 162 g/mol. The molecule has 7 nitrogen and oxygen atoms in total. The van der Waals surface area contributed by atoms with Crippen molar-refractivity contribution >= 4 is 5.97 Å². The predicted molar refractivity (Wildman–Crippen MR) is 38.0 cm³/mol. The van der Waals surface area contributed by atoms with E-state index < -0.39 is 11.9 Å². The van der Waals surface area contributed by atoms with Crippen molar-refractivity contribution in [1.29, 1.82) is 0 Å². The van der Waals surface area contributed by atoms with Crippen LogP contribution in [-0.4, -0.2) is 40.2 Å². The number of nitrogens with two attached hydrogens (primary N) is 1. The Kier molecular flexibility index (Phi) is 2.70. The first-order valence-electron chi connectivity index (χ1n) is 3.30. The first-order chi connectivity index (χ1) is 5.79. The van der Waals surface area contributed by atoms with Crippen molar-refractivity contribution in [2.45, 2.75) is 5.92 Å². The Hall–Kier alpha value is -1.50. The van der Waals surface area contributed by atoms with Crippen LogP contribution in [0.15, 0.2) is 0 Å². The van der Waals surface area contributed by atoms with Crippen LogP contribution in [0.5, 0.6) is 0 Å². The van der Waals surface area contributed by atoms with E-state index in [4.69, 9.17) is 5.73 Å². The van der Waals surface area contributed by atoms with Crippen LogP contribution in [0.25, 0.3) is 0 Å². The Morgan fingerprint density at radius 3 is 3.00 bits per heavy atom. The number of aromatic nitrogens is 4. The molecule has 0 aliphatic rings. The van der Waals surface area contributed by atoms with Crippen LogP contribution >= 0.6 is 0 Å². The van der Waals surface area contributed by atoms with Gasteiger partial charge in [0.25, 0.3) is 0 Å². The standard InChI is InChI=1S/C5H9N5O2/c1-12-5(11)3(2-6)4-7-9-10-8-4/h3H,2,6H2,1H3,(H,7,8,9,10). The third-order valence-electron chi connectivity index (χ3n) is 1.39. The van der Waals surface area contributed by atoms with Gasteiger partial charge < -0.3 is 10.5 Å². The lowest BCUT2D eigenvalue weighted by atomic mass is 10.1. The predicted octanol–water partition coefficient (Wildman–Crippen LogP) is -1.58. The summed E-state index contributed by atoms with van der Waals surface area (Å²) in [4.78, 5) is 11.0. The molecule has 0 fully saturated rings. The normalized spacial score (nSPS) is 12.5. The van der Waals surface area contributed by atoms with E-state index in [2.05, 4.69) is 25.4 Å². The molecular formula is C5H9N5O2. The van der Waals surface area contributed by atoms with Crippen molar-refractivity contribution in [1.82, 2.24) is 20.6 Å². The average molecular weight is 171 g/mol. The van der Waals surface area contributed by atoms with Crippen LogP contribution in [0.1, 0.15) is 11.7 Å². The number of tetrazole rings is 1. The topological polar surface area (TPSA) is 107 Å². The first-order valence-corrected chi connectivity index (χ1v) is 3.30. The monoisotopic (exact) mass is 171 g/mol. The Labute approximate surface area is 68.3 Å². The zero-order valence-electron chi connectivity index (χ0n) is 6.52. The fourth-order valence-electron chi connectivity index (χ4n) is 0.766. The van der Waals surface area contributed by atoms with E-state index in [0.717, 1.165) is 0 Å². The molecule has 0 radical (unpaired) electrons. The fourth-order valence-corrected chi connectivity index (χ4v) is 0.766. The van der Waals surface area contributed by atoms with Crippen LogP contribution in [0.2, 0.25) is 0 Å². The minimum Gasteiger partial charge on any atom is -0.468 e. The molecule has 0 aliphatic heterocycles. The smallest absolute Gasteiger partial charge is 0.317 e. The third kappa shape index (κ3) is 1.56. The maximum absolute atomic E-state index is 11.0. The quantitative estimate of drug-likeness (QED) is 0.531. The molecule has 1 rings (SSSR count). The van der Waals surface area contributed by atoms with E-state index >= 15 is 0 Å². The molecule has 1 aromatic heterocycles. The van der Waals surface area contributed by atoms with Crippen molar-refractivity contribution < 1.29 is 9.53 Å². The van der Waals surface area contributed by atoms with Gasteiger partial charge in [0, 0.05) is 6.54 Å². The summed E-state index contributed by atoms with van der Waals surface area (Å²) in [5.74, 6) is -0.836. The zero-order chi connectivity index (χ0) is 8.97. The van der Waals surface area contributed by atoms with Crippen LogP contribution in [-0.2, 0) is 9.53 Å². The number of carbonyl (C=O) groups excluding carboxylic acids is 1. The number of H-pyrrole nitrogens is 1. The number of esters is 1. The molecule has 0 aliphatic carbocycles. The molecule has 0 bridgehead atoms. The Bertz CT molecular complexity index is 246. The van der Waals surface area contributed by atoms with Gasteiger partial charge in [-0.3, -0.25) is 4.79 Å². The molecule has 66 valence electrons. The number of carbonyl (C=O) groups is 1. The SMILES string of the molecule is COC(=O)C(CN)c1nn[nH]n1. The summed E-state index contributed by atoms with van der Waals surface area (Å²) in [7, 11) is 1.28. The molecule has 0 amide bonds. The van der Waals surface area contributed by atoms with Gasteiger partial charge in [-0.25, -0.2) is 0 Å². The lowest BCUT2D eigenvalue weighted by molar-refractivity contribution is -0.142. The summed E-state index contributed by atoms with van der Waals surface area (Å²) in [6.45, 7) is 0.103. The molecule has 7 heteroatoms. The number of nitrogens with zero attached hydrogens (tertiary/aromatic N) is 3. The molecule has 12 heavy (non-hydrogen) atoms. The summed E-state index contributed by atoms with van der Waals surface area (Å²) < 4.78 is 4.49. The number of methoxy groups -OCH3 is 1. The van der Waals surface area contributed by atoms with E-state index in [-0.39, 0.29) is 12.4 Å². The van der Waals surface area contributed by atoms with Crippen molar-refractivity contribution in [2.75, 3.05) is 13.7 Å². The lowest BCUT2D eigenvalue weighted by Crippen LogP contribution is -2.23. The van der Waals surface area contributed by atoms with Crippen molar-refractivity contribution in [3.05, 3.63) is 5.82 Å². The minimum absolute atomic E-state index is 0.103. The Balaban J connectivity index is 2.76.